The maximum Gasteiger partial charge on any atom is 0.403 e. The van der Waals surface area contributed by atoms with E-state index in [0.717, 1.165) is 0 Å². The maximum absolute atomic E-state index is 10.8. The fourth-order valence-electron chi connectivity index (χ4n) is 1.17. The topological polar surface area (TPSA) is 86.2 Å². The van der Waals surface area contributed by atoms with E-state index < -0.39 is 10.3 Å². The molecule has 17 heavy (non-hydrogen) atoms. The first-order valence-corrected chi connectivity index (χ1v) is 6.01. The first kappa shape index (κ1) is 11.7. The first-order chi connectivity index (χ1) is 8.09. The Labute approximate surface area is 98.2 Å². The standard InChI is InChI=1S/C9H10N2O5S/c1-14-7-3-2-4-8(5-7)15-6-9-10-16-17(12,13)11-9/h2-5H,6H2,1H3,(H,10,11). The van der Waals surface area contributed by atoms with Gasteiger partial charge in [0, 0.05) is 6.07 Å². The van der Waals surface area contributed by atoms with Crippen LogP contribution in [0.3, 0.4) is 0 Å². The van der Waals surface area contributed by atoms with Crippen LogP contribution >= 0.6 is 0 Å². The van der Waals surface area contributed by atoms with E-state index in [1.54, 1.807) is 31.4 Å². The van der Waals surface area contributed by atoms with Crippen LogP contribution < -0.4 is 15.0 Å². The van der Waals surface area contributed by atoms with E-state index in [0.29, 0.717) is 11.5 Å². The minimum atomic E-state index is -3.84. The van der Waals surface area contributed by atoms with E-state index in [2.05, 4.69) is 14.2 Å². The van der Waals surface area contributed by atoms with Gasteiger partial charge < -0.3 is 9.47 Å². The zero-order valence-corrected chi connectivity index (χ0v) is 9.73. The molecule has 0 saturated carbocycles. The second-order valence-electron chi connectivity index (χ2n) is 3.12. The monoisotopic (exact) mass is 258 g/mol. The minimum Gasteiger partial charge on any atom is -0.497 e. The second-order valence-corrected chi connectivity index (χ2v) is 4.32. The Morgan fingerprint density at radius 2 is 2.18 bits per heavy atom. The summed E-state index contributed by atoms with van der Waals surface area (Å²) in [6.07, 6.45) is 0. The van der Waals surface area contributed by atoms with Crippen molar-refractivity contribution in [2.75, 3.05) is 13.7 Å². The summed E-state index contributed by atoms with van der Waals surface area (Å²) in [5, 5.41) is 0. The van der Waals surface area contributed by atoms with Crippen LogP contribution in [0.25, 0.3) is 0 Å². The SMILES string of the molecule is COc1cccc(OCC2=NS(=O)(=O)ON2)c1. The summed E-state index contributed by atoms with van der Waals surface area (Å²) in [6.45, 7) is -0.0353. The van der Waals surface area contributed by atoms with Crippen molar-refractivity contribution in [3.8, 4) is 11.5 Å². The molecule has 0 atom stereocenters. The Balaban J connectivity index is 1.99. The molecule has 0 aromatic heterocycles. The summed E-state index contributed by atoms with van der Waals surface area (Å²) in [5.41, 5.74) is 2.15. The smallest absolute Gasteiger partial charge is 0.403 e. The Bertz CT molecular complexity index is 540. The highest BCUT2D eigenvalue weighted by Gasteiger charge is 2.20. The first-order valence-electron chi connectivity index (χ1n) is 4.64. The lowest BCUT2D eigenvalue weighted by atomic mass is 10.3. The molecule has 1 aliphatic rings. The summed E-state index contributed by atoms with van der Waals surface area (Å²) in [6, 6.07) is 6.91. The zero-order valence-electron chi connectivity index (χ0n) is 8.91. The van der Waals surface area contributed by atoms with E-state index in [-0.39, 0.29) is 12.4 Å². The van der Waals surface area contributed by atoms with Gasteiger partial charge in [-0.3, -0.25) is 0 Å². The largest absolute Gasteiger partial charge is 0.497 e. The van der Waals surface area contributed by atoms with E-state index in [4.69, 9.17) is 9.47 Å². The van der Waals surface area contributed by atoms with Crippen LogP contribution in [0.2, 0.25) is 0 Å². The number of nitrogens with one attached hydrogen (secondary N) is 1. The number of benzene rings is 1. The molecule has 1 N–H and O–H groups in total. The highest BCUT2D eigenvalue weighted by molar-refractivity contribution is 7.85. The van der Waals surface area contributed by atoms with Gasteiger partial charge in [-0.2, -0.15) is 8.42 Å². The Hall–Kier alpha value is -1.80. The minimum absolute atomic E-state index is 0.0353. The highest BCUT2D eigenvalue weighted by Crippen LogP contribution is 2.18. The molecule has 0 aliphatic carbocycles. The average Bonchev–Trinajstić information content (AvgIpc) is 2.67. The zero-order chi connectivity index (χ0) is 12.3. The van der Waals surface area contributed by atoms with Crippen LogP contribution in [0.15, 0.2) is 28.7 Å². The molecule has 0 saturated heterocycles. The third-order valence-corrected chi connectivity index (χ3v) is 2.64. The van der Waals surface area contributed by atoms with Crippen LogP contribution in [0.4, 0.5) is 0 Å². The van der Waals surface area contributed by atoms with E-state index >= 15 is 0 Å². The number of hydrogen-bond acceptors (Lipinski definition) is 6. The van der Waals surface area contributed by atoms with Gasteiger partial charge in [0.15, 0.2) is 5.84 Å². The average molecular weight is 258 g/mol. The fourth-order valence-corrected chi connectivity index (χ4v) is 1.77. The van der Waals surface area contributed by atoms with Crippen molar-refractivity contribution in [1.82, 2.24) is 5.48 Å². The summed E-state index contributed by atoms with van der Waals surface area (Å²) >= 11 is 0. The Morgan fingerprint density at radius 1 is 1.41 bits per heavy atom. The highest BCUT2D eigenvalue weighted by atomic mass is 32.2. The van der Waals surface area contributed by atoms with Crippen molar-refractivity contribution in [2.45, 2.75) is 0 Å². The van der Waals surface area contributed by atoms with Gasteiger partial charge in [0.2, 0.25) is 0 Å². The molecule has 0 radical (unpaired) electrons. The van der Waals surface area contributed by atoms with Crippen molar-refractivity contribution in [3.63, 3.8) is 0 Å². The molecule has 0 amide bonds. The molecule has 8 heteroatoms. The third-order valence-electron chi connectivity index (χ3n) is 1.90. The van der Waals surface area contributed by atoms with Crippen molar-refractivity contribution in [2.24, 2.45) is 4.40 Å². The van der Waals surface area contributed by atoms with Crippen LogP contribution in [-0.4, -0.2) is 28.0 Å². The summed E-state index contributed by atoms with van der Waals surface area (Å²) in [5.74, 6) is 1.28. The fraction of sp³-hybridized carbons (Fsp3) is 0.222. The number of ether oxygens (including phenoxy) is 2. The lowest BCUT2D eigenvalue weighted by molar-refractivity contribution is 0.270. The predicted molar refractivity (Wildman–Crippen MR) is 59.1 cm³/mol. The van der Waals surface area contributed by atoms with Gasteiger partial charge in [0.1, 0.15) is 18.1 Å². The quantitative estimate of drug-likeness (QED) is 0.833. The van der Waals surface area contributed by atoms with E-state index in [1.807, 2.05) is 0 Å². The molecule has 0 fully saturated rings. The summed E-state index contributed by atoms with van der Waals surface area (Å²) < 4.78 is 39.4. The maximum atomic E-state index is 10.8. The van der Waals surface area contributed by atoms with Gasteiger partial charge in [0.25, 0.3) is 0 Å². The number of rotatable bonds is 4. The lowest BCUT2D eigenvalue weighted by Crippen LogP contribution is -2.23. The number of hydroxylamine groups is 1. The summed E-state index contributed by atoms with van der Waals surface area (Å²) in [7, 11) is -2.30. The molecular weight excluding hydrogens is 248 g/mol. The molecule has 2 rings (SSSR count). The van der Waals surface area contributed by atoms with Crippen molar-refractivity contribution in [3.05, 3.63) is 24.3 Å². The normalized spacial score (nSPS) is 17.1. The molecule has 0 bridgehead atoms. The van der Waals surface area contributed by atoms with Gasteiger partial charge in [-0.1, -0.05) is 6.07 Å². The van der Waals surface area contributed by atoms with Crippen molar-refractivity contribution >= 4 is 16.1 Å². The van der Waals surface area contributed by atoms with Gasteiger partial charge in [-0.05, 0) is 12.1 Å². The van der Waals surface area contributed by atoms with Crippen molar-refractivity contribution < 1.29 is 22.2 Å². The van der Waals surface area contributed by atoms with E-state index in [1.165, 1.54) is 0 Å². The van der Waals surface area contributed by atoms with Crippen LogP contribution in [0.1, 0.15) is 0 Å². The molecule has 0 spiro atoms. The van der Waals surface area contributed by atoms with E-state index in [9.17, 15) is 8.42 Å². The number of hydrogen-bond donors (Lipinski definition) is 1. The van der Waals surface area contributed by atoms with Crippen LogP contribution in [0, 0.1) is 0 Å². The molecule has 1 aromatic rings. The lowest BCUT2D eigenvalue weighted by Gasteiger charge is -2.06. The van der Waals surface area contributed by atoms with Gasteiger partial charge in [-0.25, -0.2) is 5.48 Å². The predicted octanol–water partition coefficient (Wildman–Crippen LogP) is 0.252. The number of methoxy groups -OCH3 is 1. The number of amidine groups is 1. The van der Waals surface area contributed by atoms with Gasteiger partial charge >= 0.3 is 10.3 Å². The second kappa shape index (κ2) is 4.60. The molecule has 7 nitrogen and oxygen atoms in total. The van der Waals surface area contributed by atoms with Gasteiger partial charge in [-0.15, -0.1) is 8.68 Å². The number of nitrogens with zero attached hydrogens (tertiary/aromatic N) is 1. The molecular formula is C9H10N2O5S. The summed E-state index contributed by atoms with van der Waals surface area (Å²) in [4.78, 5) is 0. The van der Waals surface area contributed by atoms with Crippen LogP contribution in [-0.2, 0) is 14.6 Å². The third kappa shape index (κ3) is 3.08. The molecule has 0 unspecified atom stereocenters. The van der Waals surface area contributed by atoms with Crippen LogP contribution in [0.5, 0.6) is 11.5 Å². The van der Waals surface area contributed by atoms with Crippen molar-refractivity contribution in [1.29, 1.82) is 0 Å². The van der Waals surface area contributed by atoms with Gasteiger partial charge in [0.05, 0.1) is 7.11 Å². The molecule has 1 heterocycles. The Kier molecular flexibility index (Phi) is 3.16. The Morgan fingerprint density at radius 3 is 2.82 bits per heavy atom. The molecule has 1 aliphatic heterocycles. The molecule has 1 aromatic carbocycles. The molecule has 92 valence electrons.